The highest BCUT2D eigenvalue weighted by atomic mass is 35.5. The number of aliphatic hydroxyl groups excluding tert-OH is 1. The van der Waals surface area contributed by atoms with Crippen molar-refractivity contribution >= 4 is 11.6 Å². The lowest BCUT2D eigenvalue weighted by molar-refractivity contribution is 0.141. The van der Waals surface area contributed by atoms with Crippen LogP contribution in [-0.2, 0) is 0 Å². The van der Waals surface area contributed by atoms with Crippen LogP contribution in [0.3, 0.4) is 0 Å². The molecule has 14 heavy (non-hydrogen) atoms. The molecule has 0 saturated heterocycles. The smallest absolute Gasteiger partial charge is 0.123 e. The van der Waals surface area contributed by atoms with E-state index in [0.29, 0.717) is 5.75 Å². The molecular weight excluding hydrogens is 207 g/mol. The molecule has 1 N–H and O–H groups in total. The molecule has 0 fully saturated rings. The molecule has 1 aromatic rings. The monoisotopic (exact) mass is 215 g/mol. The van der Waals surface area contributed by atoms with Gasteiger partial charge in [0, 0.05) is 0 Å². The zero-order chi connectivity index (χ0) is 10.6. The lowest BCUT2D eigenvalue weighted by Gasteiger charge is -2.10. The Hall–Kier alpha value is -1.06. The van der Waals surface area contributed by atoms with Crippen LogP contribution in [-0.4, -0.2) is 17.8 Å². The third-order valence-electron chi connectivity index (χ3n) is 1.54. The quantitative estimate of drug-likeness (QED) is 0.834. The molecule has 0 spiro atoms. The second kappa shape index (κ2) is 4.98. The maximum atomic E-state index is 12.5. The summed E-state index contributed by atoms with van der Waals surface area (Å²) in [6.45, 7) is 5.06. The highest BCUT2D eigenvalue weighted by Crippen LogP contribution is 2.13. The zero-order valence-corrected chi connectivity index (χ0v) is 8.04. The van der Waals surface area contributed by atoms with Gasteiger partial charge in [0.2, 0.25) is 0 Å². The minimum absolute atomic E-state index is 0.0546. The van der Waals surface area contributed by atoms with E-state index >= 15 is 0 Å². The first kappa shape index (κ1) is 11.0. The van der Waals surface area contributed by atoms with Crippen LogP contribution in [0.25, 0.3) is 0 Å². The van der Waals surface area contributed by atoms with E-state index in [0.717, 1.165) is 0 Å². The third-order valence-corrected chi connectivity index (χ3v) is 1.79. The van der Waals surface area contributed by atoms with Crippen molar-refractivity contribution in [3.63, 3.8) is 0 Å². The maximum absolute atomic E-state index is 12.5. The normalized spacial score (nSPS) is 12.2. The number of aliphatic hydroxyl groups is 1. The summed E-state index contributed by atoms with van der Waals surface area (Å²) in [6, 6.07) is 5.42. The molecule has 1 atom stereocenters. The highest BCUT2D eigenvalue weighted by molar-refractivity contribution is 6.29. The molecule has 2 nitrogen and oxygen atoms in total. The van der Waals surface area contributed by atoms with E-state index in [1.54, 1.807) is 0 Å². The van der Waals surface area contributed by atoms with Crippen LogP contribution in [0.2, 0.25) is 0 Å². The van der Waals surface area contributed by atoms with Gasteiger partial charge in [-0.3, -0.25) is 0 Å². The van der Waals surface area contributed by atoms with Gasteiger partial charge in [0.25, 0.3) is 0 Å². The van der Waals surface area contributed by atoms with Crippen LogP contribution in [0, 0.1) is 12.4 Å². The predicted octanol–water partition coefficient (Wildman–Crippen LogP) is 2.12. The Balaban J connectivity index is 2.46. The molecule has 0 aliphatic rings. The Morgan fingerprint density at radius 2 is 2.07 bits per heavy atom. The predicted molar refractivity (Wildman–Crippen MR) is 51.6 cm³/mol. The molecule has 1 aromatic carbocycles. The van der Waals surface area contributed by atoms with Gasteiger partial charge in [-0.05, 0) is 30.8 Å². The minimum atomic E-state index is -1.03. The molecule has 0 aromatic heterocycles. The molecule has 4 heteroatoms. The van der Waals surface area contributed by atoms with Crippen LogP contribution < -0.4 is 4.74 Å². The largest absolute Gasteiger partial charge is 0.490 e. The molecule has 1 rings (SSSR count). The lowest BCUT2D eigenvalue weighted by atomic mass is 10.3. The summed E-state index contributed by atoms with van der Waals surface area (Å²) in [7, 11) is 0. The lowest BCUT2D eigenvalue weighted by Crippen LogP contribution is -2.17. The maximum Gasteiger partial charge on any atom is 0.123 e. The highest BCUT2D eigenvalue weighted by Gasteiger charge is 2.07. The van der Waals surface area contributed by atoms with Crippen LogP contribution in [0.5, 0.6) is 5.75 Å². The fourth-order valence-corrected chi connectivity index (χ4v) is 0.849. The van der Waals surface area contributed by atoms with Crippen LogP contribution in [0.15, 0.2) is 29.3 Å². The Morgan fingerprint density at radius 1 is 1.50 bits per heavy atom. The van der Waals surface area contributed by atoms with Crippen molar-refractivity contribution in [2.24, 2.45) is 0 Å². The van der Waals surface area contributed by atoms with E-state index in [4.69, 9.17) is 28.0 Å². The van der Waals surface area contributed by atoms with Crippen molar-refractivity contribution in [2.45, 2.75) is 6.10 Å². The van der Waals surface area contributed by atoms with Crippen molar-refractivity contribution in [3.05, 3.63) is 41.7 Å². The molecule has 0 bridgehead atoms. The molecule has 1 unspecified atom stereocenters. The van der Waals surface area contributed by atoms with E-state index < -0.39 is 6.10 Å². The summed E-state index contributed by atoms with van der Waals surface area (Å²) < 4.78 is 17.5. The number of hydrogen-bond acceptors (Lipinski definition) is 2. The fourth-order valence-electron chi connectivity index (χ4n) is 0.786. The van der Waals surface area contributed by atoms with Gasteiger partial charge in [0.05, 0.1) is 5.03 Å². The first-order valence-electron chi connectivity index (χ1n) is 3.94. The van der Waals surface area contributed by atoms with Crippen molar-refractivity contribution in [1.29, 1.82) is 0 Å². The summed E-state index contributed by atoms with van der Waals surface area (Å²) in [5.41, 5.74) is 0. The Kier molecular flexibility index (Phi) is 3.92. The van der Waals surface area contributed by atoms with E-state index in [-0.39, 0.29) is 17.5 Å². The molecule has 0 amide bonds. The molecular formula is C10H9ClFO2. The van der Waals surface area contributed by atoms with Crippen molar-refractivity contribution in [1.82, 2.24) is 0 Å². The standard InChI is InChI=1S/C10H9ClFO2/c1-7(11)10(13)6-14-9-4-2-8(12)3-5-9/h1-5,10,13H,6H2. The average Bonchev–Trinajstić information content (AvgIpc) is 2.16. The SMILES string of the molecule is [CH]=C(Cl)C(O)COc1ccc(F)cc1. The summed E-state index contributed by atoms with van der Waals surface area (Å²) in [5.74, 6) is 0.102. The van der Waals surface area contributed by atoms with Crippen LogP contribution in [0.4, 0.5) is 4.39 Å². The zero-order valence-electron chi connectivity index (χ0n) is 7.28. The Morgan fingerprint density at radius 3 is 2.57 bits per heavy atom. The van der Waals surface area contributed by atoms with E-state index in [1.807, 2.05) is 0 Å². The number of benzene rings is 1. The second-order valence-electron chi connectivity index (χ2n) is 2.67. The van der Waals surface area contributed by atoms with Gasteiger partial charge < -0.3 is 9.84 Å². The molecule has 1 radical (unpaired) electrons. The van der Waals surface area contributed by atoms with E-state index in [9.17, 15) is 4.39 Å². The summed E-state index contributed by atoms with van der Waals surface area (Å²) in [5, 5.41) is 9.02. The second-order valence-corrected chi connectivity index (χ2v) is 3.10. The van der Waals surface area contributed by atoms with E-state index in [1.165, 1.54) is 24.3 Å². The van der Waals surface area contributed by atoms with Gasteiger partial charge in [0.15, 0.2) is 0 Å². The van der Waals surface area contributed by atoms with Gasteiger partial charge in [-0.25, -0.2) is 4.39 Å². The molecule has 0 heterocycles. The Labute approximate surface area is 86.6 Å². The van der Waals surface area contributed by atoms with Gasteiger partial charge in [-0.1, -0.05) is 11.6 Å². The van der Waals surface area contributed by atoms with Gasteiger partial charge >= 0.3 is 0 Å². The van der Waals surface area contributed by atoms with Crippen LogP contribution >= 0.6 is 11.6 Å². The number of hydrogen-bond donors (Lipinski definition) is 1. The first-order chi connectivity index (χ1) is 6.59. The van der Waals surface area contributed by atoms with Gasteiger partial charge in [-0.15, -0.1) is 0 Å². The van der Waals surface area contributed by atoms with Crippen LogP contribution in [0.1, 0.15) is 0 Å². The average molecular weight is 216 g/mol. The molecule has 75 valence electrons. The number of rotatable bonds is 4. The minimum Gasteiger partial charge on any atom is -0.490 e. The van der Waals surface area contributed by atoms with Crippen molar-refractivity contribution in [2.75, 3.05) is 6.61 Å². The summed E-state index contributed by atoms with van der Waals surface area (Å²) in [6.07, 6.45) is -1.03. The number of ether oxygens (including phenoxy) is 1. The fraction of sp³-hybridized carbons (Fsp3) is 0.200. The summed E-state index contributed by atoms with van der Waals surface area (Å²) >= 11 is 5.32. The first-order valence-corrected chi connectivity index (χ1v) is 4.31. The topological polar surface area (TPSA) is 29.5 Å². The molecule has 0 saturated carbocycles. The molecule has 0 aliphatic carbocycles. The third kappa shape index (κ3) is 3.36. The molecule has 0 aliphatic heterocycles. The summed E-state index contributed by atoms with van der Waals surface area (Å²) in [4.78, 5) is 0. The van der Waals surface area contributed by atoms with E-state index in [2.05, 4.69) is 0 Å². The van der Waals surface area contributed by atoms with Crippen molar-refractivity contribution < 1.29 is 14.2 Å². The van der Waals surface area contributed by atoms with Gasteiger partial charge in [0.1, 0.15) is 24.3 Å². The number of halogens is 2. The van der Waals surface area contributed by atoms with Crippen molar-refractivity contribution in [3.8, 4) is 5.75 Å². The van der Waals surface area contributed by atoms with Gasteiger partial charge in [-0.2, -0.15) is 0 Å². The Bertz CT molecular complexity index is 310.